The highest BCUT2D eigenvalue weighted by molar-refractivity contribution is 4.76. The molecule has 4 nitrogen and oxygen atoms in total. The molecule has 0 bridgehead atoms. The molecular weight excluding hydrogens is 160 g/mol. The van der Waals surface area contributed by atoms with Gasteiger partial charge in [0.2, 0.25) is 0 Å². The number of rotatable bonds is 5. The van der Waals surface area contributed by atoms with Crippen LogP contribution in [-0.4, -0.2) is 45.3 Å². The van der Waals surface area contributed by atoms with Crippen LogP contribution in [0.15, 0.2) is 0 Å². The number of hydrogen-bond donors (Lipinski definition) is 4. The van der Waals surface area contributed by atoms with Gasteiger partial charge in [-0.1, -0.05) is 6.92 Å². The highest BCUT2D eigenvalue weighted by atomic mass is 16.4. The van der Waals surface area contributed by atoms with Gasteiger partial charge >= 0.3 is 0 Å². The molecule has 0 radical (unpaired) electrons. The van der Waals surface area contributed by atoms with Crippen LogP contribution in [0.3, 0.4) is 0 Å². The Hall–Kier alpha value is -0.160. The zero-order chi connectivity index (χ0) is 9.72. The molecule has 0 aromatic heterocycles. The van der Waals surface area contributed by atoms with Crippen LogP contribution in [0.2, 0.25) is 0 Å². The Balaban J connectivity index is 3.90. The van der Waals surface area contributed by atoms with E-state index in [4.69, 9.17) is 10.2 Å². The van der Waals surface area contributed by atoms with Crippen molar-refractivity contribution >= 4 is 0 Å². The Morgan fingerprint density at radius 2 is 1.50 bits per heavy atom. The number of aliphatic hydroxyl groups excluding tert-OH is 4. The van der Waals surface area contributed by atoms with Gasteiger partial charge in [-0.05, 0) is 19.3 Å². The minimum atomic E-state index is -1.13. The molecule has 0 aliphatic rings. The number of hydrogen-bond acceptors (Lipinski definition) is 4. The molecule has 4 unspecified atom stereocenters. The second-order valence-electron chi connectivity index (χ2n) is 3.21. The maximum atomic E-state index is 9.37. The van der Waals surface area contributed by atoms with Crippen molar-refractivity contribution in [3.05, 3.63) is 0 Å². The van der Waals surface area contributed by atoms with Gasteiger partial charge in [-0.25, -0.2) is 0 Å². The normalized spacial score (nSPS) is 21.5. The molecule has 4 N–H and O–H groups in total. The Bertz CT molecular complexity index is 116. The summed E-state index contributed by atoms with van der Waals surface area (Å²) in [6.07, 6.45) is -2.63. The average Bonchev–Trinajstić information content (AvgIpc) is 2.02. The minimum absolute atomic E-state index is 0.0231. The Morgan fingerprint density at radius 1 is 1.00 bits per heavy atom. The summed E-state index contributed by atoms with van der Waals surface area (Å²) in [5.41, 5.74) is 0. The van der Waals surface area contributed by atoms with Crippen LogP contribution in [0, 0.1) is 5.92 Å². The maximum Gasteiger partial charge on any atom is 0.106 e. The lowest BCUT2D eigenvalue weighted by molar-refractivity contribution is -0.0745. The first-order valence-electron chi connectivity index (χ1n) is 4.15. The zero-order valence-electron chi connectivity index (χ0n) is 7.51. The smallest absolute Gasteiger partial charge is 0.106 e. The molecule has 0 spiro atoms. The molecule has 0 fully saturated rings. The van der Waals surface area contributed by atoms with Crippen molar-refractivity contribution < 1.29 is 20.4 Å². The van der Waals surface area contributed by atoms with Crippen LogP contribution in [0.25, 0.3) is 0 Å². The Labute approximate surface area is 72.5 Å². The Morgan fingerprint density at radius 3 is 1.83 bits per heavy atom. The topological polar surface area (TPSA) is 80.9 Å². The SMILES string of the molecule is CC(O)C(O)C(O)C(C)CCO. The van der Waals surface area contributed by atoms with E-state index in [1.807, 2.05) is 0 Å². The standard InChI is InChI=1S/C8H18O4/c1-5(3-4-9)7(11)8(12)6(2)10/h5-12H,3-4H2,1-2H3. The second-order valence-corrected chi connectivity index (χ2v) is 3.21. The summed E-state index contributed by atoms with van der Waals surface area (Å²) in [6, 6.07) is 0. The lowest BCUT2D eigenvalue weighted by Crippen LogP contribution is -2.39. The molecule has 0 aliphatic carbocycles. The molecule has 12 heavy (non-hydrogen) atoms. The molecule has 0 aromatic carbocycles. The van der Waals surface area contributed by atoms with E-state index in [-0.39, 0.29) is 12.5 Å². The molecule has 0 aliphatic heterocycles. The Kier molecular flexibility index (Phi) is 5.41. The quantitative estimate of drug-likeness (QED) is 0.440. The van der Waals surface area contributed by atoms with Gasteiger partial charge in [0.1, 0.15) is 6.10 Å². The molecule has 4 atom stereocenters. The second kappa shape index (κ2) is 5.48. The summed E-state index contributed by atoms with van der Waals surface area (Å²) < 4.78 is 0. The van der Waals surface area contributed by atoms with E-state index >= 15 is 0 Å². The average molecular weight is 178 g/mol. The van der Waals surface area contributed by atoms with Crippen molar-refractivity contribution in [3.63, 3.8) is 0 Å². The third-order valence-electron chi connectivity index (χ3n) is 2.01. The monoisotopic (exact) mass is 178 g/mol. The fourth-order valence-electron chi connectivity index (χ4n) is 0.996. The third-order valence-corrected chi connectivity index (χ3v) is 2.01. The summed E-state index contributed by atoms with van der Waals surface area (Å²) in [4.78, 5) is 0. The van der Waals surface area contributed by atoms with Gasteiger partial charge in [0.05, 0.1) is 12.2 Å². The lowest BCUT2D eigenvalue weighted by atomic mass is 9.94. The van der Waals surface area contributed by atoms with Crippen molar-refractivity contribution in [1.82, 2.24) is 0 Å². The van der Waals surface area contributed by atoms with Gasteiger partial charge in [0.15, 0.2) is 0 Å². The van der Waals surface area contributed by atoms with Crippen molar-refractivity contribution in [2.75, 3.05) is 6.61 Å². The van der Waals surface area contributed by atoms with Gasteiger partial charge < -0.3 is 20.4 Å². The van der Waals surface area contributed by atoms with E-state index in [0.29, 0.717) is 6.42 Å². The van der Waals surface area contributed by atoms with Crippen LogP contribution in [0.4, 0.5) is 0 Å². The highest BCUT2D eigenvalue weighted by Gasteiger charge is 2.25. The highest BCUT2D eigenvalue weighted by Crippen LogP contribution is 2.13. The number of aliphatic hydroxyl groups is 4. The zero-order valence-corrected chi connectivity index (χ0v) is 7.51. The summed E-state index contributed by atoms with van der Waals surface area (Å²) >= 11 is 0. The predicted molar refractivity (Wildman–Crippen MR) is 44.6 cm³/mol. The maximum absolute atomic E-state index is 9.37. The molecular formula is C8H18O4. The van der Waals surface area contributed by atoms with Crippen LogP contribution in [0.5, 0.6) is 0 Å². The summed E-state index contributed by atoms with van der Waals surface area (Å²) in [6.45, 7) is 3.11. The van der Waals surface area contributed by atoms with E-state index < -0.39 is 18.3 Å². The first-order chi connectivity index (χ1) is 5.50. The molecule has 0 aromatic rings. The van der Waals surface area contributed by atoms with Gasteiger partial charge in [-0.15, -0.1) is 0 Å². The van der Waals surface area contributed by atoms with Gasteiger partial charge in [-0.2, -0.15) is 0 Å². The first kappa shape index (κ1) is 11.8. The van der Waals surface area contributed by atoms with E-state index in [9.17, 15) is 10.2 Å². The molecule has 0 saturated heterocycles. The van der Waals surface area contributed by atoms with E-state index in [1.54, 1.807) is 6.92 Å². The van der Waals surface area contributed by atoms with Gasteiger partial charge in [0.25, 0.3) is 0 Å². The third kappa shape index (κ3) is 3.49. The summed E-state index contributed by atoms with van der Waals surface area (Å²) in [7, 11) is 0. The van der Waals surface area contributed by atoms with Gasteiger partial charge in [0, 0.05) is 6.61 Å². The van der Waals surface area contributed by atoms with Gasteiger partial charge in [-0.3, -0.25) is 0 Å². The molecule has 0 saturated carbocycles. The van der Waals surface area contributed by atoms with Crippen molar-refractivity contribution in [1.29, 1.82) is 0 Å². The predicted octanol–water partition coefficient (Wildman–Crippen LogP) is -0.893. The first-order valence-corrected chi connectivity index (χ1v) is 4.15. The lowest BCUT2D eigenvalue weighted by Gasteiger charge is -2.25. The van der Waals surface area contributed by atoms with Crippen LogP contribution in [0.1, 0.15) is 20.3 Å². The van der Waals surface area contributed by atoms with Crippen molar-refractivity contribution in [2.45, 2.75) is 38.6 Å². The van der Waals surface area contributed by atoms with Crippen LogP contribution < -0.4 is 0 Å². The van der Waals surface area contributed by atoms with Crippen molar-refractivity contribution in [2.24, 2.45) is 5.92 Å². The van der Waals surface area contributed by atoms with Crippen molar-refractivity contribution in [3.8, 4) is 0 Å². The molecule has 0 amide bonds. The van der Waals surface area contributed by atoms with Crippen LogP contribution in [-0.2, 0) is 0 Å². The molecule has 74 valence electrons. The molecule has 4 heteroatoms. The summed E-state index contributed by atoms with van der Waals surface area (Å²) in [5.74, 6) is -0.209. The van der Waals surface area contributed by atoms with E-state index in [1.165, 1.54) is 6.92 Å². The van der Waals surface area contributed by atoms with E-state index in [2.05, 4.69) is 0 Å². The molecule has 0 rings (SSSR count). The minimum Gasteiger partial charge on any atom is -0.396 e. The fraction of sp³-hybridized carbons (Fsp3) is 1.00. The largest absolute Gasteiger partial charge is 0.396 e. The van der Waals surface area contributed by atoms with E-state index in [0.717, 1.165) is 0 Å². The molecule has 0 heterocycles. The van der Waals surface area contributed by atoms with Crippen LogP contribution >= 0.6 is 0 Å². The fourth-order valence-corrected chi connectivity index (χ4v) is 0.996. The summed E-state index contributed by atoms with van der Waals surface area (Å²) in [5, 5.41) is 36.1.